The Bertz CT molecular complexity index is 573. The summed E-state index contributed by atoms with van der Waals surface area (Å²) >= 11 is 0. The first-order valence-corrected chi connectivity index (χ1v) is 6.18. The summed E-state index contributed by atoms with van der Waals surface area (Å²) in [6, 6.07) is 5.78. The van der Waals surface area contributed by atoms with Gasteiger partial charge in [-0.3, -0.25) is 4.79 Å². The molecule has 0 radical (unpaired) electrons. The third-order valence-electron chi connectivity index (χ3n) is 3.51. The van der Waals surface area contributed by atoms with Gasteiger partial charge in [-0.2, -0.15) is 0 Å². The smallest absolute Gasteiger partial charge is 0.256 e. The average molecular weight is 245 g/mol. The van der Waals surface area contributed by atoms with Crippen LogP contribution in [-0.4, -0.2) is 28.9 Å². The van der Waals surface area contributed by atoms with Crippen LogP contribution in [0.5, 0.6) is 0 Å². The Labute approximate surface area is 107 Å². The number of hydrogen-bond donors (Lipinski definition) is 2. The number of aromatic amines is 1. The molecular formula is C14H19N3O. The molecule has 1 heterocycles. The van der Waals surface area contributed by atoms with E-state index in [2.05, 4.69) is 11.9 Å². The molecular weight excluding hydrogens is 226 g/mol. The minimum absolute atomic E-state index is 0.0420. The number of fused-ring (bicyclic) bond motifs is 1. The Morgan fingerprint density at radius 3 is 2.89 bits per heavy atom. The molecule has 0 spiro atoms. The number of rotatable bonds is 3. The molecule has 0 aliphatic carbocycles. The van der Waals surface area contributed by atoms with Crippen LogP contribution in [0.1, 0.15) is 30.6 Å². The molecule has 1 aromatic heterocycles. The van der Waals surface area contributed by atoms with Crippen molar-refractivity contribution < 1.29 is 4.79 Å². The summed E-state index contributed by atoms with van der Waals surface area (Å²) in [7, 11) is 1.84. The first-order chi connectivity index (χ1) is 8.54. The Morgan fingerprint density at radius 2 is 2.22 bits per heavy atom. The summed E-state index contributed by atoms with van der Waals surface area (Å²) in [5.41, 5.74) is 8.02. The number of nitrogens with two attached hydrogens (primary N) is 1. The third-order valence-corrected chi connectivity index (χ3v) is 3.51. The highest BCUT2D eigenvalue weighted by Gasteiger charge is 2.19. The molecule has 1 unspecified atom stereocenters. The van der Waals surface area contributed by atoms with Gasteiger partial charge in [0.05, 0.1) is 5.56 Å². The third kappa shape index (κ3) is 2.06. The number of carbonyl (C=O) groups excluding carboxylic acids is 1. The van der Waals surface area contributed by atoms with Gasteiger partial charge in [-0.25, -0.2) is 0 Å². The SMILES string of the molecule is CCC(C)N(C)C(=O)c1c[nH]c2cc(N)ccc12. The summed E-state index contributed by atoms with van der Waals surface area (Å²) in [5.74, 6) is 0.0420. The number of nitrogens with zero attached hydrogens (tertiary/aromatic N) is 1. The lowest BCUT2D eigenvalue weighted by atomic mass is 10.1. The topological polar surface area (TPSA) is 62.1 Å². The van der Waals surface area contributed by atoms with Gasteiger partial charge < -0.3 is 15.6 Å². The van der Waals surface area contributed by atoms with E-state index in [9.17, 15) is 4.79 Å². The van der Waals surface area contributed by atoms with Crippen LogP contribution in [0, 0.1) is 0 Å². The second-order valence-electron chi connectivity index (χ2n) is 4.68. The van der Waals surface area contributed by atoms with Gasteiger partial charge in [0.15, 0.2) is 0 Å². The molecule has 4 nitrogen and oxygen atoms in total. The number of anilines is 1. The Kier molecular flexibility index (Phi) is 3.28. The molecule has 2 aromatic rings. The van der Waals surface area contributed by atoms with Crippen LogP contribution < -0.4 is 5.73 Å². The lowest BCUT2D eigenvalue weighted by Gasteiger charge is -2.23. The molecule has 0 saturated carbocycles. The van der Waals surface area contributed by atoms with Crippen LogP contribution in [-0.2, 0) is 0 Å². The van der Waals surface area contributed by atoms with Gasteiger partial charge in [0.1, 0.15) is 0 Å². The van der Waals surface area contributed by atoms with Crippen molar-refractivity contribution in [3.63, 3.8) is 0 Å². The van der Waals surface area contributed by atoms with E-state index < -0.39 is 0 Å². The van der Waals surface area contributed by atoms with Gasteiger partial charge in [0.2, 0.25) is 0 Å². The molecule has 4 heteroatoms. The van der Waals surface area contributed by atoms with Crippen LogP contribution in [0.15, 0.2) is 24.4 Å². The van der Waals surface area contributed by atoms with Gasteiger partial charge in [0, 0.05) is 35.9 Å². The number of amides is 1. The van der Waals surface area contributed by atoms with E-state index in [1.54, 1.807) is 11.1 Å². The number of aromatic nitrogens is 1. The van der Waals surface area contributed by atoms with E-state index in [0.717, 1.165) is 17.3 Å². The summed E-state index contributed by atoms with van der Waals surface area (Å²) in [4.78, 5) is 17.3. The maximum Gasteiger partial charge on any atom is 0.256 e. The molecule has 0 saturated heterocycles. The van der Waals surface area contributed by atoms with Crippen molar-refractivity contribution in [3.05, 3.63) is 30.0 Å². The first kappa shape index (κ1) is 12.5. The average Bonchev–Trinajstić information content (AvgIpc) is 2.78. The fourth-order valence-electron chi connectivity index (χ4n) is 1.98. The van der Waals surface area contributed by atoms with Gasteiger partial charge in [-0.1, -0.05) is 6.92 Å². The predicted octanol–water partition coefficient (Wildman–Crippen LogP) is 2.62. The Morgan fingerprint density at radius 1 is 1.50 bits per heavy atom. The molecule has 0 bridgehead atoms. The zero-order valence-corrected chi connectivity index (χ0v) is 11.0. The van der Waals surface area contributed by atoms with Crippen LogP contribution in [0.4, 0.5) is 5.69 Å². The Hall–Kier alpha value is -1.97. The van der Waals surface area contributed by atoms with E-state index in [4.69, 9.17) is 5.73 Å². The summed E-state index contributed by atoms with van der Waals surface area (Å²) in [6.07, 6.45) is 2.70. The largest absolute Gasteiger partial charge is 0.399 e. The van der Waals surface area contributed by atoms with Crippen LogP contribution in [0.3, 0.4) is 0 Å². The fraction of sp³-hybridized carbons (Fsp3) is 0.357. The van der Waals surface area contributed by atoms with Crippen LogP contribution in [0.2, 0.25) is 0 Å². The quantitative estimate of drug-likeness (QED) is 0.816. The first-order valence-electron chi connectivity index (χ1n) is 6.18. The molecule has 96 valence electrons. The number of benzene rings is 1. The highest BCUT2D eigenvalue weighted by molar-refractivity contribution is 6.07. The van der Waals surface area contributed by atoms with Crippen molar-refractivity contribution in [1.29, 1.82) is 0 Å². The number of nitrogen functional groups attached to an aromatic ring is 1. The highest BCUT2D eigenvalue weighted by atomic mass is 16.2. The molecule has 0 fully saturated rings. The zero-order chi connectivity index (χ0) is 13.3. The number of hydrogen-bond acceptors (Lipinski definition) is 2. The van der Waals surface area contributed by atoms with Gasteiger partial charge in [0.25, 0.3) is 5.91 Å². The van der Waals surface area contributed by atoms with E-state index in [1.165, 1.54) is 0 Å². The van der Waals surface area contributed by atoms with E-state index >= 15 is 0 Å². The molecule has 18 heavy (non-hydrogen) atoms. The number of carbonyl (C=O) groups is 1. The molecule has 0 aliphatic heterocycles. The maximum atomic E-state index is 12.4. The molecule has 3 N–H and O–H groups in total. The van der Waals surface area contributed by atoms with Crippen molar-refractivity contribution in [1.82, 2.24) is 9.88 Å². The van der Waals surface area contributed by atoms with Crippen molar-refractivity contribution in [2.75, 3.05) is 12.8 Å². The zero-order valence-electron chi connectivity index (χ0n) is 11.0. The van der Waals surface area contributed by atoms with E-state index in [1.807, 2.05) is 32.2 Å². The van der Waals surface area contributed by atoms with Crippen molar-refractivity contribution in [2.45, 2.75) is 26.3 Å². The fourth-order valence-corrected chi connectivity index (χ4v) is 1.98. The monoisotopic (exact) mass is 245 g/mol. The normalized spacial score (nSPS) is 12.6. The highest BCUT2D eigenvalue weighted by Crippen LogP contribution is 2.22. The maximum absolute atomic E-state index is 12.4. The lowest BCUT2D eigenvalue weighted by Crippen LogP contribution is -2.34. The van der Waals surface area contributed by atoms with E-state index in [0.29, 0.717) is 11.3 Å². The summed E-state index contributed by atoms with van der Waals surface area (Å²) in [5, 5.41) is 0.921. The van der Waals surface area contributed by atoms with Crippen molar-refractivity contribution in [2.24, 2.45) is 0 Å². The standard InChI is InChI=1S/C14H19N3O/c1-4-9(2)17(3)14(18)12-8-16-13-7-10(15)5-6-11(12)13/h5-9,16H,4,15H2,1-3H3. The number of nitrogens with one attached hydrogen (secondary N) is 1. The summed E-state index contributed by atoms with van der Waals surface area (Å²) in [6.45, 7) is 4.12. The van der Waals surface area contributed by atoms with Crippen molar-refractivity contribution in [3.8, 4) is 0 Å². The minimum atomic E-state index is 0.0420. The van der Waals surface area contributed by atoms with Gasteiger partial charge in [-0.05, 0) is 31.5 Å². The van der Waals surface area contributed by atoms with Gasteiger partial charge in [-0.15, -0.1) is 0 Å². The molecule has 1 aromatic carbocycles. The van der Waals surface area contributed by atoms with E-state index in [-0.39, 0.29) is 11.9 Å². The Balaban J connectivity index is 2.39. The number of H-pyrrole nitrogens is 1. The van der Waals surface area contributed by atoms with Crippen LogP contribution >= 0.6 is 0 Å². The van der Waals surface area contributed by atoms with Gasteiger partial charge >= 0.3 is 0 Å². The van der Waals surface area contributed by atoms with Crippen LogP contribution in [0.25, 0.3) is 10.9 Å². The molecule has 0 aliphatic rings. The second-order valence-corrected chi connectivity index (χ2v) is 4.68. The second kappa shape index (κ2) is 4.72. The predicted molar refractivity (Wildman–Crippen MR) is 74.6 cm³/mol. The van der Waals surface area contributed by atoms with Crippen molar-refractivity contribution >= 4 is 22.5 Å². The minimum Gasteiger partial charge on any atom is -0.399 e. The molecule has 1 atom stereocenters. The summed E-state index contributed by atoms with van der Waals surface area (Å²) < 4.78 is 0. The lowest BCUT2D eigenvalue weighted by molar-refractivity contribution is 0.0742. The molecule has 1 amide bonds. The molecule has 2 rings (SSSR count).